The topological polar surface area (TPSA) is 187 Å². The fraction of sp³-hybridized carbons (Fsp3) is 0.444. The van der Waals surface area contributed by atoms with Gasteiger partial charge in [-0.05, 0) is 88.1 Å². The maximum atomic E-state index is 14.7. The molecule has 2 heterocycles. The number of piperidine rings is 1. The SMILES string of the molecule is N#Cc1ccc(OC2CCC(NC(=O)c3cnc(N4CCC(CNC5CC(Oc6ccc(C(=O)O)c(C(=O)O)c6F)C5)CC4)cn3)CC2)cc1Cl. The maximum absolute atomic E-state index is 14.7. The second kappa shape index (κ2) is 15.9. The van der Waals surface area contributed by atoms with Crippen molar-refractivity contribution in [1.29, 1.82) is 5.26 Å². The molecule has 0 spiro atoms. The second-order valence-electron chi connectivity index (χ2n) is 13.2. The predicted octanol–water partition coefficient (Wildman–Crippen LogP) is 5.07. The summed E-state index contributed by atoms with van der Waals surface area (Å²) >= 11 is 6.12. The lowest BCUT2D eigenvalue weighted by Gasteiger charge is -2.38. The highest BCUT2D eigenvalue weighted by Crippen LogP contribution is 2.32. The van der Waals surface area contributed by atoms with E-state index in [9.17, 15) is 23.9 Å². The van der Waals surface area contributed by atoms with Crippen molar-refractivity contribution in [3.05, 3.63) is 75.9 Å². The van der Waals surface area contributed by atoms with Gasteiger partial charge in [0.2, 0.25) is 0 Å². The zero-order valence-electron chi connectivity index (χ0n) is 27.7. The number of aromatic carboxylic acids is 2. The minimum atomic E-state index is -1.66. The van der Waals surface area contributed by atoms with Crippen molar-refractivity contribution in [3.63, 3.8) is 0 Å². The molecule has 4 N–H and O–H groups in total. The largest absolute Gasteiger partial charge is 0.490 e. The monoisotopic (exact) mass is 720 g/mol. The van der Waals surface area contributed by atoms with E-state index in [4.69, 9.17) is 31.4 Å². The Morgan fingerprint density at radius 2 is 1.69 bits per heavy atom. The number of carboxylic acid groups (broad SMARTS) is 2. The predicted molar refractivity (Wildman–Crippen MR) is 183 cm³/mol. The number of halogens is 2. The van der Waals surface area contributed by atoms with E-state index in [1.807, 2.05) is 6.07 Å². The standard InChI is InChI=1S/C36H38ClFN6O7/c37-28-15-25(4-1-21(28)16-39)50-24-5-2-22(3-6-24)43-34(45)29-18-42-31(19-41-29)44-11-9-20(10-12-44)17-40-23-13-26(14-23)51-30-8-7-27(35(46)47)32(33(30)38)36(48)49/h1,4,7-8,15,18-20,22-24,26,40H,2-3,5-6,9-14,17H2,(H,43,45)(H,46,47)(H,48,49). The minimum Gasteiger partial charge on any atom is -0.490 e. The van der Waals surface area contributed by atoms with Crippen molar-refractivity contribution in [3.8, 4) is 17.6 Å². The van der Waals surface area contributed by atoms with Crippen LogP contribution < -0.4 is 25.0 Å². The molecule has 1 amide bonds. The lowest BCUT2D eigenvalue weighted by atomic mass is 9.88. The molecule has 15 heteroatoms. The van der Waals surface area contributed by atoms with Gasteiger partial charge in [-0.3, -0.25) is 4.79 Å². The molecule has 6 rings (SSSR count). The highest BCUT2D eigenvalue weighted by Gasteiger charge is 2.34. The zero-order valence-corrected chi connectivity index (χ0v) is 28.4. The van der Waals surface area contributed by atoms with Gasteiger partial charge >= 0.3 is 11.9 Å². The molecule has 1 aliphatic heterocycles. The first kappa shape index (κ1) is 35.8. The van der Waals surface area contributed by atoms with Crippen molar-refractivity contribution in [1.82, 2.24) is 20.6 Å². The molecular weight excluding hydrogens is 683 g/mol. The van der Waals surface area contributed by atoms with Gasteiger partial charge in [0.1, 0.15) is 35.0 Å². The summed E-state index contributed by atoms with van der Waals surface area (Å²) in [4.78, 5) is 46.7. The van der Waals surface area contributed by atoms with Crippen LogP contribution in [-0.4, -0.2) is 82.0 Å². The van der Waals surface area contributed by atoms with Crippen molar-refractivity contribution in [2.24, 2.45) is 5.92 Å². The third-order valence-corrected chi connectivity index (χ3v) is 10.1. The summed E-state index contributed by atoms with van der Waals surface area (Å²) in [6.45, 7) is 2.43. The molecule has 1 aromatic heterocycles. The molecule has 2 saturated carbocycles. The quantitative estimate of drug-likeness (QED) is 0.195. The zero-order chi connectivity index (χ0) is 36.1. The Morgan fingerprint density at radius 3 is 2.31 bits per heavy atom. The summed E-state index contributed by atoms with van der Waals surface area (Å²) in [7, 11) is 0. The molecule has 3 aromatic rings. The van der Waals surface area contributed by atoms with E-state index in [0.717, 1.165) is 76.1 Å². The van der Waals surface area contributed by atoms with E-state index in [-0.39, 0.29) is 41.6 Å². The average Bonchev–Trinajstić information content (AvgIpc) is 3.10. The van der Waals surface area contributed by atoms with Crippen LogP contribution in [0.15, 0.2) is 42.7 Å². The van der Waals surface area contributed by atoms with Crippen LogP contribution in [-0.2, 0) is 0 Å². The summed E-state index contributed by atoms with van der Waals surface area (Å²) in [5, 5.41) is 34.5. The number of carbonyl (C=O) groups is 3. The lowest BCUT2D eigenvalue weighted by Crippen LogP contribution is -2.49. The summed E-state index contributed by atoms with van der Waals surface area (Å²) < 4.78 is 26.4. The number of aromatic nitrogens is 2. The van der Waals surface area contributed by atoms with Gasteiger partial charge in [0.05, 0.1) is 34.6 Å². The van der Waals surface area contributed by atoms with Crippen LogP contribution in [0.3, 0.4) is 0 Å². The first-order valence-electron chi connectivity index (χ1n) is 17.0. The fourth-order valence-corrected chi connectivity index (χ4v) is 6.99. The van der Waals surface area contributed by atoms with Crippen LogP contribution in [0.25, 0.3) is 0 Å². The van der Waals surface area contributed by atoms with Gasteiger partial charge < -0.3 is 35.2 Å². The number of nitrogens with one attached hydrogen (secondary N) is 2. The Hall–Kier alpha value is -5.00. The van der Waals surface area contributed by atoms with Crippen molar-refractivity contribution in [2.75, 3.05) is 24.5 Å². The first-order chi connectivity index (χ1) is 24.6. The molecule has 3 aliphatic rings. The number of anilines is 1. The lowest BCUT2D eigenvalue weighted by molar-refractivity contribution is 0.0636. The molecule has 3 fully saturated rings. The number of carbonyl (C=O) groups excluding carboxylic acids is 1. The molecule has 0 atom stereocenters. The summed E-state index contributed by atoms with van der Waals surface area (Å²) in [5.74, 6) is -3.06. The number of nitrogens with zero attached hydrogens (tertiary/aromatic N) is 4. The van der Waals surface area contributed by atoms with Gasteiger partial charge in [-0.1, -0.05) is 11.6 Å². The molecule has 51 heavy (non-hydrogen) atoms. The van der Waals surface area contributed by atoms with Gasteiger partial charge in [-0.25, -0.2) is 23.9 Å². The molecule has 2 aromatic carbocycles. The number of hydrogen-bond acceptors (Lipinski definition) is 10. The maximum Gasteiger partial charge on any atom is 0.339 e. The van der Waals surface area contributed by atoms with Crippen LogP contribution in [0, 0.1) is 23.1 Å². The van der Waals surface area contributed by atoms with E-state index in [1.54, 1.807) is 24.4 Å². The van der Waals surface area contributed by atoms with Gasteiger partial charge in [0, 0.05) is 31.2 Å². The van der Waals surface area contributed by atoms with Gasteiger partial charge in [0.25, 0.3) is 5.91 Å². The van der Waals surface area contributed by atoms with E-state index < -0.39 is 28.9 Å². The molecule has 13 nitrogen and oxygen atoms in total. The van der Waals surface area contributed by atoms with Crippen molar-refractivity contribution < 1.29 is 38.5 Å². The number of benzene rings is 2. The average molecular weight is 721 g/mol. The summed E-state index contributed by atoms with van der Waals surface area (Å²) in [5.41, 5.74) is -0.848. The first-order valence-corrected chi connectivity index (χ1v) is 17.4. The van der Waals surface area contributed by atoms with E-state index in [2.05, 4.69) is 25.5 Å². The van der Waals surface area contributed by atoms with E-state index >= 15 is 0 Å². The normalized spacial score (nSPS) is 21.9. The number of ether oxygens (including phenoxy) is 2. The Morgan fingerprint density at radius 1 is 0.941 bits per heavy atom. The fourth-order valence-electron chi connectivity index (χ4n) is 6.78. The Kier molecular flexibility index (Phi) is 11.2. The van der Waals surface area contributed by atoms with Crippen LogP contribution in [0.5, 0.6) is 11.5 Å². The van der Waals surface area contributed by atoms with Crippen LogP contribution >= 0.6 is 11.6 Å². The van der Waals surface area contributed by atoms with Crippen LogP contribution in [0.2, 0.25) is 5.02 Å². The molecule has 0 radical (unpaired) electrons. The van der Waals surface area contributed by atoms with Crippen LogP contribution in [0.4, 0.5) is 10.2 Å². The van der Waals surface area contributed by atoms with Gasteiger partial charge in [-0.15, -0.1) is 0 Å². The third kappa shape index (κ3) is 8.66. The molecule has 0 unspecified atom stereocenters. The Labute approximate surface area is 298 Å². The van der Waals surface area contributed by atoms with Crippen molar-refractivity contribution >= 4 is 35.3 Å². The number of rotatable bonds is 12. The molecule has 268 valence electrons. The highest BCUT2D eigenvalue weighted by molar-refractivity contribution is 6.31. The number of carboxylic acids is 2. The molecular formula is C36H38ClFN6O7. The smallest absolute Gasteiger partial charge is 0.339 e. The summed E-state index contributed by atoms with van der Waals surface area (Å²) in [6.07, 6.45) is 9.13. The summed E-state index contributed by atoms with van der Waals surface area (Å²) in [6, 6.07) is 9.49. The third-order valence-electron chi connectivity index (χ3n) is 9.82. The van der Waals surface area contributed by atoms with E-state index in [1.165, 1.54) is 6.20 Å². The van der Waals surface area contributed by atoms with Crippen LogP contribution in [0.1, 0.15) is 88.1 Å². The Balaban J connectivity index is 0.877. The molecule has 2 aliphatic carbocycles. The molecule has 1 saturated heterocycles. The number of amides is 1. The van der Waals surface area contributed by atoms with Gasteiger partial charge in [0.15, 0.2) is 11.6 Å². The van der Waals surface area contributed by atoms with Gasteiger partial charge in [-0.2, -0.15) is 5.26 Å². The van der Waals surface area contributed by atoms with Crippen molar-refractivity contribution in [2.45, 2.75) is 75.7 Å². The Bertz CT molecular complexity index is 1800. The number of hydrogen-bond donors (Lipinski definition) is 4. The second-order valence-corrected chi connectivity index (χ2v) is 13.6. The minimum absolute atomic E-state index is 0.00844. The molecule has 0 bridgehead atoms. The number of nitriles is 1. The highest BCUT2D eigenvalue weighted by atomic mass is 35.5. The van der Waals surface area contributed by atoms with E-state index in [0.29, 0.717) is 35.1 Å².